The molecule has 10 heavy (non-hydrogen) atoms. The van der Waals surface area contributed by atoms with E-state index in [1.54, 1.807) is 6.26 Å². The predicted octanol–water partition coefficient (Wildman–Crippen LogP) is 2.68. The highest BCUT2D eigenvalue weighted by Gasteiger charge is 2.07. The van der Waals surface area contributed by atoms with Crippen molar-refractivity contribution in [3.63, 3.8) is 0 Å². The molecule has 0 aliphatic carbocycles. The van der Waals surface area contributed by atoms with Crippen LogP contribution in [0.3, 0.4) is 0 Å². The van der Waals surface area contributed by atoms with Crippen LogP contribution in [0.15, 0.2) is 22.9 Å². The lowest BCUT2D eigenvalue weighted by Crippen LogP contribution is -2.04. The largest absolute Gasteiger partial charge is 0.495 e. The van der Waals surface area contributed by atoms with Gasteiger partial charge in [-0.2, -0.15) is 0 Å². The van der Waals surface area contributed by atoms with Gasteiger partial charge in [0.15, 0.2) is 0 Å². The number of halogens is 1. The highest BCUT2D eigenvalue weighted by Crippen LogP contribution is 2.19. The number of hydrogen-bond acceptors (Lipinski definition) is 1. The summed E-state index contributed by atoms with van der Waals surface area (Å²) in [6, 6.07) is 0. The van der Waals surface area contributed by atoms with Crippen LogP contribution in [0.5, 0.6) is 0 Å². The molecule has 0 amide bonds. The van der Waals surface area contributed by atoms with Crippen molar-refractivity contribution in [3.8, 4) is 0 Å². The Morgan fingerprint density at radius 2 is 2.30 bits per heavy atom. The van der Waals surface area contributed by atoms with Crippen molar-refractivity contribution in [2.45, 2.75) is 13.8 Å². The van der Waals surface area contributed by atoms with Crippen LogP contribution in [0.25, 0.3) is 0 Å². The Hall–Kier alpha value is -0.430. The fourth-order valence-corrected chi connectivity index (χ4v) is 1.01. The zero-order valence-corrected chi connectivity index (χ0v) is 6.98. The second kappa shape index (κ2) is 3.11. The van der Waals surface area contributed by atoms with Crippen molar-refractivity contribution in [2.24, 2.45) is 5.92 Å². The van der Waals surface area contributed by atoms with Gasteiger partial charge in [0.05, 0.1) is 5.03 Å². The lowest BCUT2D eigenvalue weighted by molar-refractivity contribution is 0.265. The second-order valence-corrected chi connectivity index (χ2v) is 3.12. The fourth-order valence-electron chi connectivity index (χ4n) is 0.804. The van der Waals surface area contributed by atoms with Gasteiger partial charge in [-0.1, -0.05) is 25.4 Å². The number of hydrogen-bond donors (Lipinski definition) is 0. The molecule has 0 aromatic rings. The molecule has 0 unspecified atom stereocenters. The van der Waals surface area contributed by atoms with Gasteiger partial charge in [-0.3, -0.25) is 0 Å². The molecule has 0 N–H and O–H groups in total. The van der Waals surface area contributed by atoms with E-state index in [-0.39, 0.29) is 0 Å². The minimum Gasteiger partial charge on any atom is -0.495 e. The van der Waals surface area contributed by atoms with Gasteiger partial charge in [-0.25, -0.2) is 0 Å². The molecular formula is C8H11ClO. The summed E-state index contributed by atoms with van der Waals surface area (Å²) in [6.07, 6.45) is 3.54. The molecule has 0 aromatic carbocycles. The van der Waals surface area contributed by atoms with Gasteiger partial charge in [0.1, 0.15) is 12.9 Å². The van der Waals surface area contributed by atoms with E-state index >= 15 is 0 Å². The van der Waals surface area contributed by atoms with E-state index < -0.39 is 0 Å². The summed E-state index contributed by atoms with van der Waals surface area (Å²) in [5.74, 6) is 0.530. The summed E-state index contributed by atoms with van der Waals surface area (Å²) in [7, 11) is 0. The van der Waals surface area contributed by atoms with Crippen molar-refractivity contribution in [2.75, 3.05) is 6.61 Å². The number of allylic oxidation sites excluding steroid dienone is 2. The van der Waals surface area contributed by atoms with Gasteiger partial charge in [-0.05, 0) is 17.6 Å². The van der Waals surface area contributed by atoms with Crippen LogP contribution >= 0.6 is 11.6 Å². The molecule has 1 aliphatic rings. The summed E-state index contributed by atoms with van der Waals surface area (Å²) < 4.78 is 5.09. The Bertz CT molecular complexity index is 180. The third-order valence-electron chi connectivity index (χ3n) is 1.51. The molecule has 0 aromatic heterocycles. The third-order valence-corrected chi connectivity index (χ3v) is 1.71. The van der Waals surface area contributed by atoms with E-state index in [0.29, 0.717) is 17.6 Å². The fraction of sp³-hybridized carbons (Fsp3) is 0.500. The maximum absolute atomic E-state index is 5.72. The van der Waals surface area contributed by atoms with Crippen molar-refractivity contribution < 1.29 is 4.74 Å². The summed E-state index contributed by atoms with van der Waals surface area (Å²) in [6.45, 7) is 4.95. The molecule has 2 heteroatoms. The first-order valence-corrected chi connectivity index (χ1v) is 3.75. The summed E-state index contributed by atoms with van der Waals surface area (Å²) in [5.41, 5.74) is 1.26. The lowest BCUT2D eigenvalue weighted by atomic mass is 10.0. The van der Waals surface area contributed by atoms with E-state index in [0.717, 1.165) is 0 Å². The smallest absolute Gasteiger partial charge is 0.109 e. The van der Waals surface area contributed by atoms with E-state index in [1.807, 2.05) is 6.08 Å². The minimum absolute atomic E-state index is 0.530. The summed E-state index contributed by atoms with van der Waals surface area (Å²) in [4.78, 5) is 0. The van der Waals surface area contributed by atoms with Crippen LogP contribution in [-0.2, 0) is 4.74 Å². The van der Waals surface area contributed by atoms with Crippen molar-refractivity contribution in [1.82, 2.24) is 0 Å². The topological polar surface area (TPSA) is 9.23 Å². The third kappa shape index (κ3) is 1.77. The van der Waals surface area contributed by atoms with Crippen molar-refractivity contribution in [3.05, 3.63) is 22.9 Å². The maximum atomic E-state index is 5.72. The molecular weight excluding hydrogens is 148 g/mol. The molecule has 0 saturated heterocycles. The average molecular weight is 159 g/mol. The van der Waals surface area contributed by atoms with Crippen molar-refractivity contribution in [1.29, 1.82) is 0 Å². The Morgan fingerprint density at radius 1 is 1.60 bits per heavy atom. The van der Waals surface area contributed by atoms with Crippen LogP contribution < -0.4 is 0 Å². The molecule has 1 aliphatic heterocycles. The van der Waals surface area contributed by atoms with Gasteiger partial charge in [-0.15, -0.1) is 0 Å². The van der Waals surface area contributed by atoms with E-state index in [2.05, 4.69) is 13.8 Å². The van der Waals surface area contributed by atoms with Crippen molar-refractivity contribution >= 4 is 11.6 Å². The molecule has 0 atom stereocenters. The van der Waals surface area contributed by atoms with Crippen LogP contribution in [0, 0.1) is 5.92 Å². The van der Waals surface area contributed by atoms with Gasteiger partial charge >= 0.3 is 0 Å². The van der Waals surface area contributed by atoms with E-state index in [9.17, 15) is 0 Å². The van der Waals surface area contributed by atoms with Gasteiger partial charge in [0.25, 0.3) is 0 Å². The quantitative estimate of drug-likeness (QED) is 0.570. The Balaban J connectivity index is 2.69. The first kappa shape index (κ1) is 7.67. The number of rotatable bonds is 1. The number of ether oxygens (including phenoxy) is 1. The highest BCUT2D eigenvalue weighted by atomic mass is 35.5. The SMILES string of the molecule is CC(C)C1=CC(Cl)=COC1. The maximum Gasteiger partial charge on any atom is 0.109 e. The molecule has 56 valence electrons. The minimum atomic E-state index is 0.530. The van der Waals surface area contributed by atoms with Crippen LogP contribution in [0.1, 0.15) is 13.8 Å². The molecule has 1 heterocycles. The predicted molar refractivity (Wildman–Crippen MR) is 42.8 cm³/mol. The first-order chi connectivity index (χ1) is 4.70. The van der Waals surface area contributed by atoms with Gasteiger partial charge < -0.3 is 4.74 Å². The molecule has 1 rings (SSSR count). The molecule has 0 radical (unpaired) electrons. The zero-order valence-electron chi connectivity index (χ0n) is 6.23. The molecule has 0 bridgehead atoms. The summed E-state index contributed by atoms with van der Waals surface area (Å²) in [5, 5.41) is 0.690. The Morgan fingerprint density at radius 3 is 2.70 bits per heavy atom. The Kier molecular flexibility index (Phi) is 2.39. The monoisotopic (exact) mass is 158 g/mol. The molecule has 0 fully saturated rings. The molecule has 0 saturated carbocycles. The lowest BCUT2D eigenvalue weighted by Gasteiger charge is -2.14. The average Bonchev–Trinajstić information content (AvgIpc) is 1.88. The van der Waals surface area contributed by atoms with E-state index in [1.165, 1.54) is 5.57 Å². The standard InChI is InChI=1S/C8H11ClO/c1-6(2)7-3-8(9)5-10-4-7/h3,5-6H,4H2,1-2H3. The van der Waals surface area contributed by atoms with E-state index in [4.69, 9.17) is 16.3 Å². The van der Waals surface area contributed by atoms with Crippen LogP contribution in [0.2, 0.25) is 0 Å². The van der Waals surface area contributed by atoms with Crippen LogP contribution in [-0.4, -0.2) is 6.61 Å². The van der Waals surface area contributed by atoms with Crippen LogP contribution in [0.4, 0.5) is 0 Å². The highest BCUT2D eigenvalue weighted by molar-refractivity contribution is 6.31. The molecule has 0 spiro atoms. The first-order valence-electron chi connectivity index (χ1n) is 3.38. The summed E-state index contributed by atoms with van der Waals surface area (Å²) >= 11 is 5.72. The molecule has 1 nitrogen and oxygen atoms in total. The normalized spacial score (nSPS) is 18.0. The Labute approximate surface area is 66.3 Å². The van der Waals surface area contributed by atoms with Gasteiger partial charge in [0, 0.05) is 0 Å². The second-order valence-electron chi connectivity index (χ2n) is 2.69. The zero-order chi connectivity index (χ0) is 7.56. The van der Waals surface area contributed by atoms with Gasteiger partial charge in [0.2, 0.25) is 0 Å².